The van der Waals surface area contributed by atoms with Crippen LogP contribution in [0, 0.1) is 11.3 Å². The molecule has 0 saturated carbocycles. The highest BCUT2D eigenvalue weighted by molar-refractivity contribution is 5.93. The van der Waals surface area contributed by atoms with Gasteiger partial charge in [0.25, 0.3) is 0 Å². The average molecular weight is 201 g/mol. The Kier molecular flexibility index (Phi) is 4.11. The average Bonchev–Trinajstić information content (AvgIpc) is 2.27. The molecule has 0 aliphatic heterocycles. The molecule has 0 N–H and O–H groups in total. The summed E-state index contributed by atoms with van der Waals surface area (Å²) < 4.78 is 4.89. The summed E-state index contributed by atoms with van der Waals surface area (Å²) in [6.07, 6.45) is 2.92. The van der Waals surface area contributed by atoms with Crippen molar-refractivity contribution in [3.8, 4) is 6.07 Å². The van der Waals surface area contributed by atoms with Gasteiger partial charge in [-0.1, -0.05) is 18.2 Å². The topological polar surface area (TPSA) is 50.1 Å². The van der Waals surface area contributed by atoms with Gasteiger partial charge in [-0.15, -0.1) is 0 Å². The Bertz CT molecular complexity index is 416. The van der Waals surface area contributed by atoms with Crippen molar-refractivity contribution in [3.05, 3.63) is 41.5 Å². The number of hydrogen-bond donors (Lipinski definition) is 0. The first-order chi connectivity index (χ1) is 7.29. The van der Waals surface area contributed by atoms with Gasteiger partial charge >= 0.3 is 5.97 Å². The number of rotatable bonds is 3. The normalized spacial score (nSPS) is 9.87. The second-order valence-electron chi connectivity index (χ2n) is 2.77. The van der Waals surface area contributed by atoms with Gasteiger partial charge in [0, 0.05) is 6.08 Å². The first-order valence-electron chi connectivity index (χ1n) is 4.62. The van der Waals surface area contributed by atoms with Crippen LogP contribution in [0.2, 0.25) is 0 Å². The van der Waals surface area contributed by atoms with Gasteiger partial charge in [0.05, 0.1) is 18.2 Å². The highest BCUT2D eigenvalue weighted by Gasteiger charge is 2.08. The monoisotopic (exact) mass is 201 g/mol. The lowest BCUT2D eigenvalue weighted by atomic mass is 10.1. The number of nitrogens with zero attached hydrogens (tertiary/aromatic N) is 1. The first-order valence-corrected chi connectivity index (χ1v) is 4.62. The van der Waals surface area contributed by atoms with E-state index in [2.05, 4.69) is 0 Å². The lowest BCUT2D eigenvalue weighted by Crippen LogP contribution is -2.06. The number of nitriles is 1. The Morgan fingerprint density at radius 2 is 2.27 bits per heavy atom. The zero-order valence-corrected chi connectivity index (χ0v) is 8.43. The van der Waals surface area contributed by atoms with E-state index < -0.39 is 0 Å². The van der Waals surface area contributed by atoms with Crippen LogP contribution in [0.5, 0.6) is 0 Å². The van der Waals surface area contributed by atoms with E-state index in [0.29, 0.717) is 17.7 Å². The molecule has 0 aliphatic rings. The summed E-state index contributed by atoms with van der Waals surface area (Å²) in [5, 5.41) is 8.41. The molecule has 0 unspecified atom stereocenters. The summed E-state index contributed by atoms with van der Waals surface area (Å²) in [6, 6.07) is 8.89. The van der Waals surface area contributed by atoms with E-state index in [4.69, 9.17) is 10.00 Å². The van der Waals surface area contributed by atoms with Gasteiger partial charge in [-0.3, -0.25) is 0 Å². The molecule has 3 nitrogen and oxygen atoms in total. The van der Waals surface area contributed by atoms with Crippen molar-refractivity contribution in [1.29, 1.82) is 5.26 Å². The molecule has 3 heteroatoms. The molecule has 15 heavy (non-hydrogen) atoms. The fraction of sp³-hybridized carbons (Fsp3) is 0.167. The summed E-state index contributed by atoms with van der Waals surface area (Å²) in [7, 11) is 0. The van der Waals surface area contributed by atoms with Crippen molar-refractivity contribution < 1.29 is 9.53 Å². The lowest BCUT2D eigenvalue weighted by Gasteiger charge is -2.04. The van der Waals surface area contributed by atoms with E-state index in [0.717, 1.165) is 0 Å². The predicted molar refractivity (Wildman–Crippen MR) is 57.0 cm³/mol. The van der Waals surface area contributed by atoms with Crippen LogP contribution in [0.4, 0.5) is 0 Å². The third-order valence-corrected chi connectivity index (χ3v) is 1.79. The van der Waals surface area contributed by atoms with Crippen molar-refractivity contribution >= 4 is 12.0 Å². The van der Waals surface area contributed by atoms with Crippen molar-refractivity contribution in [2.24, 2.45) is 0 Å². The highest BCUT2D eigenvalue weighted by Crippen LogP contribution is 2.11. The molecule has 0 spiro atoms. The van der Waals surface area contributed by atoms with Crippen LogP contribution in [0.3, 0.4) is 0 Å². The van der Waals surface area contributed by atoms with Gasteiger partial charge in [-0.05, 0) is 24.6 Å². The summed E-state index contributed by atoms with van der Waals surface area (Å²) in [4.78, 5) is 11.5. The Hall–Kier alpha value is -2.08. The van der Waals surface area contributed by atoms with Gasteiger partial charge in [0.2, 0.25) is 0 Å². The number of carbonyl (C=O) groups is 1. The van der Waals surface area contributed by atoms with Gasteiger partial charge in [0.1, 0.15) is 0 Å². The van der Waals surface area contributed by atoms with E-state index in [1.807, 2.05) is 6.07 Å². The standard InChI is InChI=1S/C12H11NO2/c1-2-15-12(14)11-8-4-3-6-10(11)7-5-9-13/h3-8H,2H2,1H3/b7-5+. The van der Waals surface area contributed by atoms with Crippen LogP contribution < -0.4 is 0 Å². The van der Waals surface area contributed by atoms with Crippen LogP contribution in [-0.2, 0) is 4.74 Å². The Morgan fingerprint density at radius 1 is 1.53 bits per heavy atom. The molecule has 1 aromatic rings. The quantitative estimate of drug-likeness (QED) is 0.557. The molecule has 76 valence electrons. The van der Waals surface area contributed by atoms with E-state index in [9.17, 15) is 4.79 Å². The molecular formula is C12H11NO2. The van der Waals surface area contributed by atoms with Crippen LogP contribution in [0.15, 0.2) is 30.3 Å². The van der Waals surface area contributed by atoms with Crippen LogP contribution >= 0.6 is 0 Å². The Morgan fingerprint density at radius 3 is 2.93 bits per heavy atom. The second kappa shape index (κ2) is 5.61. The van der Waals surface area contributed by atoms with E-state index in [-0.39, 0.29) is 5.97 Å². The molecule has 0 atom stereocenters. The van der Waals surface area contributed by atoms with Crippen molar-refractivity contribution in [2.45, 2.75) is 6.92 Å². The molecule has 0 bridgehead atoms. The fourth-order valence-electron chi connectivity index (χ4n) is 1.16. The van der Waals surface area contributed by atoms with Crippen molar-refractivity contribution in [2.75, 3.05) is 6.61 Å². The van der Waals surface area contributed by atoms with Crippen LogP contribution in [-0.4, -0.2) is 12.6 Å². The molecule has 1 aromatic carbocycles. The zero-order chi connectivity index (χ0) is 11.1. The summed E-state index contributed by atoms with van der Waals surface area (Å²) >= 11 is 0. The van der Waals surface area contributed by atoms with Crippen LogP contribution in [0.1, 0.15) is 22.8 Å². The molecule has 0 saturated heterocycles. The molecule has 0 heterocycles. The molecular weight excluding hydrogens is 190 g/mol. The SMILES string of the molecule is CCOC(=O)c1ccccc1/C=C/C#N. The minimum Gasteiger partial charge on any atom is -0.462 e. The summed E-state index contributed by atoms with van der Waals surface area (Å²) in [5.41, 5.74) is 1.17. The third-order valence-electron chi connectivity index (χ3n) is 1.79. The third kappa shape index (κ3) is 2.96. The Labute approximate surface area is 88.6 Å². The summed E-state index contributed by atoms with van der Waals surface area (Å²) in [6.45, 7) is 2.10. The fourth-order valence-corrected chi connectivity index (χ4v) is 1.16. The lowest BCUT2D eigenvalue weighted by molar-refractivity contribution is 0.0526. The van der Waals surface area contributed by atoms with Gasteiger partial charge < -0.3 is 4.74 Å². The van der Waals surface area contributed by atoms with Gasteiger partial charge in [0.15, 0.2) is 0 Å². The molecule has 0 aliphatic carbocycles. The van der Waals surface area contributed by atoms with E-state index in [1.54, 1.807) is 37.3 Å². The van der Waals surface area contributed by atoms with Gasteiger partial charge in [-0.25, -0.2) is 4.79 Å². The van der Waals surface area contributed by atoms with Crippen molar-refractivity contribution in [3.63, 3.8) is 0 Å². The van der Waals surface area contributed by atoms with E-state index >= 15 is 0 Å². The highest BCUT2D eigenvalue weighted by atomic mass is 16.5. The number of hydrogen-bond acceptors (Lipinski definition) is 3. The van der Waals surface area contributed by atoms with Gasteiger partial charge in [-0.2, -0.15) is 5.26 Å². The number of carbonyl (C=O) groups excluding carboxylic acids is 1. The predicted octanol–water partition coefficient (Wildman–Crippen LogP) is 2.40. The molecule has 0 aromatic heterocycles. The van der Waals surface area contributed by atoms with E-state index in [1.165, 1.54) is 6.08 Å². The number of ether oxygens (including phenoxy) is 1. The molecule has 0 radical (unpaired) electrons. The maximum absolute atomic E-state index is 11.5. The summed E-state index contributed by atoms with van der Waals surface area (Å²) in [5.74, 6) is -0.365. The number of benzene rings is 1. The minimum absolute atomic E-state index is 0.342. The zero-order valence-electron chi connectivity index (χ0n) is 8.43. The number of esters is 1. The number of allylic oxidation sites excluding steroid dienone is 1. The smallest absolute Gasteiger partial charge is 0.338 e. The Balaban J connectivity index is 3.02. The molecule has 0 fully saturated rings. The van der Waals surface area contributed by atoms with Crippen LogP contribution in [0.25, 0.3) is 6.08 Å². The maximum atomic E-state index is 11.5. The second-order valence-corrected chi connectivity index (χ2v) is 2.77. The maximum Gasteiger partial charge on any atom is 0.338 e. The largest absolute Gasteiger partial charge is 0.462 e. The van der Waals surface area contributed by atoms with Crippen molar-refractivity contribution in [1.82, 2.24) is 0 Å². The first kappa shape index (κ1) is 11.0. The minimum atomic E-state index is -0.365. The molecule has 1 rings (SSSR count). The molecule has 0 amide bonds.